The molecule has 0 radical (unpaired) electrons. The molecule has 0 atom stereocenters. The van der Waals surface area contributed by atoms with E-state index in [0.717, 1.165) is 12.2 Å². The quantitative estimate of drug-likeness (QED) is 0.285. The number of carbonyl (C=O) groups excluding carboxylic acids is 4. The molecule has 0 heterocycles. The van der Waals surface area contributed by atoms with Crippen molar-refractivity contribution < 1.29 is 38.1 Å². The Balaban J connectivity index is 4.52. The Kier molecular flexibility index (Phi) is 7.18. The molecule has 8 nitrogen and oxygen atoms in total. The van der Waals surface area contributed by atoms with Gasteiger partial charge < -0.3 is 18.9 Å². The third-order valence-electron chi connectivity index (χ3n) is 2.03. The van der Waals surface area contributed by atoms with Crippen molar-refractivity contribution in [3.8, 4) is 0 Å². The van der Waals surface area contributed by atoms with Gasteiger partial charge in [0, 0.05) is 39.8 Å². The molecule has 128 valence electrons. The van der Waals surface area contributed by atoms with Gasteiger partial charge in [-0.05, 0) is 0 Å². The van der Waals surface area contributed by atoms with E-state index < -0.39 is 41.9 Å². The lowest BCUT2D eigenvalue weighted by atomic mass is 10.3. The van der Waals surface area contributed by atoms with Crippen LogP contribution in [0.15, 0.2) is 25.3 Å². The van der Waals surface area contributed by atoms with Crippen molar-refractivity contribution in [2.45, 2.75) is 45.7 Å². The third kappa shape index (κ3) is 9.07. The zero-order valence-electron chi connectivity index (χ0n) is 13.5. The fourth-order valence-corrected chi connectivity index (χ4v) is 1.35. The summed E-state index contributed by atoms with van der Waals surface area (Å²) in [6.07, 6.45) is 1.05. The molecule has 0 saturated heterocycles. The van der Waals surface area contributed by atoms with Crippen molar-refractivity contribution >= 4 is 23.9 Å². The van der Waals surface area contributed by atoms with Crippen LogP contribution >= 0.6 is 0 Å². The second kappa shape index (κ2) is 8.11. The minimum Gasteiger partial charge on any atom is -0.423 e. The fraction of sp³-hybridized carbons (Fsp3) is 0.467. The van der Waals surface area contributed by atoms with E-state index in [2.05, 4.69) is 13.2 Å². The van der Waals surface area contributed by atoms with Crippen molar-refractivity contribution in [3.05, 3.63) is 25.3 Å². The van der Waals surface area contributed by atoms with Crippen LogP contribution in [0.25, 0.3) is 0 Å². The molecule has 0 spiro atoms. The minimum atomic E-state index is -1.58. The lowest BCUT2D eigenvalue weighted by Crippen LogP contribution is -2.36. The van der Waals surface area contributed by atoms with Crippen LogP contribution in [-0.2, 0) is 38.1 Å². The Morgan fingerprint density at radius 1 is 0.739 bits per heavy atom. The molecule has 0 aliphatic carbocycles. The maximum Gasteiger partial charge on any atom is 0.333 e. The lowest BCUT2D eigenvalue weighted by molar-refractivity contribution is -0.219. The highest BCUT2D eigenvalue weighted by molar-refractivity contribution is 5.91. The maximum absolute atomic E-state index is 11.6. The van der Waals surface area contributed by atoms with Gasteiger partial charge in [0.25, 0.3) is 11.6 Å². The smallest absolute Gasteiger partial charge is 0.333 e. The first-order chi connectivity index (χ1) is 10.4. The highest BCUT2D eigenvalue weighted by Crippen LogP contribution is 2.16. The van der Waals surface area contributed by atoms with Crippen LogP contribution in [-0.4, -0.2) is 35.5 Å². The van der Waals surface area contributed by atoms with Gasteiger partial charge in [0.2, 0.25) is 0 Å². The van der Waals surface area contributed by atoms with E-state index in [9.17, 15) is 19.2 Å². The first-order valence-electron chi connectivity index (χ1n) is 6.55. The molecule has 0 N–H and O–H groups in total. The molecule has 0 aromatic rings. The van der Waals surface area contributed by atoms with Gasteiger partial charge in [0.1, 0.15) is 6.42 Å². The number of ether oxygens (including phenoxy) is 4. The molecule has 0 bridgehead atoms. The van der Waals surface area contributed by atoms with Crippen LogP contribution in [0.5, 0.6) is 0 Å². The summed E-state index contributed by atoms with van der Waals surface area (Å²) in [6, 6.07) is 0. The Morgan fingerprint density at radius 3 is 1.30 bits per heavy atom. The van der Waals surface area contributed by atoms with E-state index in [-0.39, 0.29) is 0 Å². The minimum absolute atomic E-state index is 0.760. The molecule has 0 fully saturated rings. The van der Waals surface area contributed by atoms with Crippen molar-refractivity contribution in [1.29, 1.82) is 0 Å². The summed E-state index contributed by atoms with van der Waals surface area (Å²) in [5.74, 6) is -6.70. The molecule has 0 saturated carbocycles. The van der Waals surface area contributed by atoms with E-state index in [1.54, 1.807) is 0 Å². The van der Waals surface area contributed by atoms with Crippen LogP contribution in [0.3, 0.4) is 0 Å². The summed E-state index contributed by atoms with van der Waals surface area (Å²) in [5, 5.41) is 0. The fourth-order valence-electron chi connectivity index (χ4n) is 1.35. The summed E-state index contributed by atoms with van der Waals surface area (Å²) in [6.45, 7) is 11.7. The average molecular weight is 328 g/mol. The second-order valence-corrected chi connectivity index (χ2v) is 5.18. The monoisotopic (exact) mass is 328 g/mol. The highest BCUT2D eigenvalue weighted by atomic mass is 16.7. The summed E-state index contributed by atoms with van der Waals surface area (Å²) in [4.78, 5) is 45.4. The first kappa shape index (κ1) is 20.4. The predicted molar refractivity (Wildman–Crippen MR) is 77.5 cm³/mol. The summed E-state index contributed by atoms with van der Waals surface area (Å²) in [7, 11) is 0. The summed E-state index contributed by atoms with van der Waals surface area (Å²) in [5.41, 5.74) is 0. The van der Waals surface area contributed by atoms with Crippen LogP contribution in [0.2, 0.25) is 0 Å². The van der Waals surface area contributed by atoms with Crippen molar-refractivity contribution in [2.24, 2.45) is 0 Å². The largest absolute Gasteiger partial charge is 0.423 e. The molecule has 0 aromatic carbocycles. The molecule has 8 heteroatoms. The number of hydrogen-bond acceptors (Lipinski definition) is 8. The first-order valence-corrected chi connectivity index (χ1v) is 6.55. The highest BCUT2D eigenvalue weighted by Gasteiger charge is 2.31. The van der Waals surface area contributed by atoms with Gasteiger partial charge in [-0.3, -0.25) is 9.59 Å². The topological polar surface area (TPSA) is 105 Å². The van der Waals surface area contributed by atoms with Crippen molar-refractivity contribution in [1.82, 2.24) is 0 Å². The number of esters is 4. The molecule has 0 aromatic heterocycles. The molecular formula is C15H20O8. The van der Waals surface area contributed by atoms with Gasteiger partial charge in [-0.1, -0.05) is 13.2 Å². The normalized spacial score (nSPS) is 11.0. The lowest BCUT2D eigenvalue weighted by Gasteiger charge is -2.26. The summed E-state index contributed by atoms with van der Waals surface area (Å²) < 4.78 is 19.2. The van der Waals surface area contributed by atoms with Gasteiger partial charge in [-0.2, -0.15) is 0 Å². The zero-order chi connectivity index (χ0) is 18.3. The maximum atomic E-state index is 11.6. The molecule has 0 unspecified atom stereocenters. The van der Waals surface area contributed by atoms with Gasteiger partial charge >= 0.3 is 23.9 Å². The molecule has 0 aliphatic heterocycles. The predicted octanol–water partition coefficient (Wildman–Crippen LogP) is 1.39. The van der Waals surface area contributed by atoms with E-state index >= 15 is 0 Å². The molecule has 0 aliphatic rings. The summed E-state index contributed by atoms with van der Waals surface area (Å²) >= 11 is 0. The van der Waals surface area contributed by atoms with Crippen LogP contribution < -0.4 is 0 Å². The van der Waals surface area contributed by atoms with Gasteiger partial charge in [-0.25, -0.2) is 9.59 Å². The van der Waals surface area contributed by atoms with Gasteiger partial charge in [-0.15, -0.1) is 0 Å². The number of carbonyl (C=O) groups is 4. The SMILES string of the molecule is C=CC(=O)OC(C)(C)OC(=O)CC(=O)OC(C)(C)OC(=O)C=C. The Bertz CT molecular complexity index is 470. The van der Waals surface area contributed by atoms with Crippen molar-refractivity contribution in [2.75, 3.05) is 0 Å². The molecule has 0 amide bonds. The molecule has 0 rings (SSSR count). The van der Waals surface area contributed by atoms with Crippen LogP contribution in [0.1, 0.15) is 34.1 Å². The molecular weight excluding hydrogens is 308 g/mol. The number of rotatable bonds is 8. The van der Waals surface area contributed by atoms with Crippen LogP contribution in [0.4, 0.5) is 0 Å². The van der Waals surface area contributed by atoms with Crippen LogP contribution in [0, 0.1) is 0 Å². The molecule has 23 heavy (non-hydrogen) atoms. The Morgan fingerprint density at radius 2 is 1.04 bits per heavy atom. The van der Waals surface area contributed by atoms with Gasteiger partial charge in [0.15, 0.2) is 0 Å². The van der Waals surface area contributed by atoms with E-state index in [0.29, 0.717) is 0 Å². The van der Waals surface area contributed by atoms with E-state index in [1.165, 1.54) is 27.7 Å². The van der Waals surface area contributed by atoms with E-state index in [4.69, 9.17) is 18.9 Å². The van der Waals surface area contributed by atoms with Crippen molar-refractivity contribution in [3.63, 3.8) is 0 Å². The Labute approximate surface area is 134 Å². The average Bonchev–Trinajstić information content (AvgIpc) is 2.34. The zero-order valence-corrected chi connectivity index (χ0v) is 13.5. The third-order valence-corrected chi connectivity index (χ3v) is 2.03. The second-order valence-electron chi connectivity index (χ2n) is 5.18. The van der Waals surface area contributed by atoms with E-state index in [1.807, 2.05) is 0 Å². The standard InChI is InChI=1S/C15H20O8/c1-7-10(16)20-14(3,4)22-12(18)9-13(19)23-15(5,6)21-11(17)8-2/h7-8H,1-2,9H2,3-6H3. The van der Waals surface area contributed by atoms with Gasteiger partial charge in [0.05, 0.1) is 0 Å². The number of hydrogen-bond donors (Lipinski definition) is 0. The Hall–Kier alpha value is -2.64.